The highest BCUT2D eigenvalue weighted by molar-refractivity contribution is 4.81. The van der Waals surface area contributed by atoms with Crippen LogP contribution in [0.5, 0.6) is 0 Å². The maximum atomic E-state index is 3.29. The zero-order valence-electron chi connectivity index (χ0n) is 8.80. The molecule has 0 aliphatic carbocycles. The summed E-state index contributed by atoms with van der Waals surface area (Å²) in [5, 5.41) is 3.29. The van der Waals surface area contributed by atoms with Crippen LogP contribution in [-0.4, -0.2) is 37.1 Å². The van der Waals surface area contributed by atoms with Gasteiger partial charge >= 0.3 is 0 Å². The van der Waals surface area contributed by atoms with E-state index in [1.54, 1.807) is 0 Å². The summed E-state index contributed by atoms with van der Waals surface area (Å²) in [6.45, 7) is 9.41. The van der Waals surface area contributed by atoms with Gasteiger partial charge in [0, 0.05) is 25.2 Å². The van der Waals surface area contributed by atoms with E-state index in [0.717, 1.165) is 12.0 Å². The van der Waals surface area contributed by atoms with Gasteiger partial charge in [-0.1, -0.05) is 6.92 Å². The number of nitrogens with zero attached hydrogens (tertiary/aromatic N) is 1. The first kappa shape index (κ1) is 10.0. The minimum absolute atomic E-state index is 0.623. The average Bonchev–Trinajstić information content (AvgIpc) is 2.30. The first-order valence-corrected chi connectivity index (χ1v) is 5.04. The molecule has 2 heteroatoms. The third kappa shape index (κ3) is 2.46. The topological polar surface area (TPSA) is 15.3 Å². The largest absolute Gasteiger partial charge is 0.316 e. The second-order valence-corrected chi connectivity index (χ2v) is 4.33. The molecule has 12 heavy (non-hydrogen) atoms. The first-order chi connectivity index (χ1) is 5.63. The quantitative estimate of drug-likeness (QED) is 0.687. The van der Waals surface area contributed by atoms with Crippen LogP contribution in [0.3, 0.4) is 0 Å². The number of likely N-dealkylation sites (tertiary alicyclic amines) is 1. The molecular formula is C10H22N2. The molecule has 1 aliphatic rings. The molecule has 1 aliphatic heterocycles. The fourth-order valence-electron chi connectivity index (χ4n) is 2.08. The lowest BCUT2D eigenvalue weighted by Crippen LogP contribution is -2.39. The molecule has 0 bridgehead atoms. The lowest BCUT2D eigenvalue weighted by Gasteiger charge is -2.24. The van der Waals surface area contributed by atoms with E-state index in [0.29, 0.717) is 6.04 Å². The summed E-state index contributed by atoms with van der Waals surface area (Å²) in [5.41, 5.74) is 0. The molecule has 1 saturated heterocycles. The number of likely N-dealkylation sites (N-methyl/N-ethyl adjacent to an activating group) is 1. The summed E-state index contributed by atoms with van der Waals surface area (Å²) in [6, 6.07) is 1.41. The number of hydrogen-bond donors (Lipinski definition) is 1. The van der Waals surface area contributed by atoms with Gasteiger partial charge in [0.15, 0.2) is 0 Å². The molecule has 0 radical (unpaired) electrons. The summed E-state index contributed by atoms with van der Waals surface area (Å²) >= 11 is 0. The Bertz CT molecular complexity index is 136. The lowest BCUT2D eigenvalue weighted by atomic mass is 10.1. The van der Waals surface area contributed by atoms with Gasteiger partial charge in [-0.25, -0.2) is 0 Å². The van der Waals surface area contributed by atoms with E-state index in [2.05, 4.69) is 31.0 Å². The molecule has 72 valence electrons. The van der Waals surface area contributed by atoms with Crippen LogP contribution < -0.4 is 5.32 Å². The molecule has 0 saturated carbocycles. The Hall–Kier alpha value is -0.0800. The van der Waals surface area contributed by atoms with Crippen molar-refractivity contribution in [3.63, 3.8) is 0 Å². The Balaban J connectivity index is 2.32. The minimum Gasteiger partial charge on any atom is -0.316 e. The number of rotatable bonds is 3. The van der Waals surface area contributed by atoms with Crippen LogP contribution in [0.1, 0.15) is 27.2 Å². The summed E-state index contributed by atoms with van der Waals surface area (Å²) in [7, 11) is 2.04. The van der Waals surface area contributed by atoms with Crippen LogP contribution in [0.25, 0.3) is 0 Å². The van der Waals surface area contributed by atoms with E-state index in [1.165, 1.54) is 19.5 Å². The summed E-state index contributed by atoms with van der Waals surface area (Å²) in [6.07, 6.45) is 1.37. The van der Waals surface area contributed by atoms with Crippen LogP contribution in [0, 0.1) is 5.92 Å². The summed E-state index contributed by atoms with van der Waals surface area (Å²) in [4.78, 5) is 2.59. The van der Waals surface area contributed by atoms with Crippen molar-refractivity contribution in [2.75, 3.05) is 20.1 Å². The molecular weight excluding hydrogens is 148 g/mol. The maximum absolute atomic E-state index is 3.29. The highest BCUT2D eigenvalue weighted by Crippen LogP contribution is 2.21. The van der Waals surface area contributed by atoms with Gasteiger partial charge in [0.2, 0.25) is 0 Å². The Labute approximate surface area is 76.3 Å². The second-order valence-electron chi connectivity index (χ2n) is 4.33. The van der Waals surface area contributed by atoms with Gasteiger partial charge in [-0.05, 0) is 33.2 Å². The third-order valence-electron chi connectivity index (χ3n) is 2.91. The van der Waals surface area contributed by atoms with Gasteiger partial charge in [-0.3, -0.25) is 4.90 Å². The molecule has 3 atom stereocenters. The Morgan fingerprint density at radius 3 is 2.58 bits per heavy atom. The Morgan fingerprint density at radius 2 is 2.17 bits per heavy atom. The summed E-state index contributed by atoms with van der Waals surface area (Å²) < 4.78 is 0. The van der Waals surface area contributed by atoms with Crippen molar-refractivity contribution in [1.29, 1.82) is 0 Å². The van der Waals surface area contributed by atoms with Gasteiger partial charge in [0.1, 0.15) is 0 Å². The molecule has 2 nitrogen and oxygen atoms in total. The van der Waals surface area contributed by atoms with Crippen LogP contribution >= 0.6 is 0 Å². The van der Waals surface area contributed by atoms with Crippen molar-refractivity contribution in [2.45, 2.75) is 39.3 Å². The first-order valence-electron chi connectivity index (χ1n) is 5.04. The molecule has 1 heterocycles. The van der Waals surface area contributed by atoms with Crippen molar-refractivity contribution in [2.24, 2.45) is 5.92 Å². The zero-order chi connectivity index (χ0) is 9.14. The molecule has 0 amide bonds. The van der Waals surface area contributed by atoms with Crippen molar-refractivity contribution < 1.29 is 0 Å². The van der Waals surface area contributed by atoms with Gasteiger partial charge in [0.05, 0.1) is 0 Å². The second kappa shape index (κ2) is 4.24. The average molecular weight is 170 g/mol. The fourth-order valence-corrected chi connectivity index (χ4v) is 2.08. The van der Waals surface area contributed by atoms with Crippen LogP contribution in [-0.2, 0) is 0 Å². The normalized spacial score (nSPS) is 34.0. The SMILES string of the molecule is CNC(C)CN1CC(C)CC1C. The molecule has 0 aromatic carbocycles. The molecule has 1 rings (SSSR count). The van der Waals surface area contributed by atoms with Crippen molar-refractivity contribution in [3.05, 3.63) is 0 Å². The monoisotopic (exact) mass is 170 g/mol. The molecule has 1 N–H and O–H groups in total. The van der Waals surface area contributed by atoms with E-state index < -0.39 is 0 Å². The highest BCUT2D eigenvalue weighted by atomic mass is 15.2. The van der Waals surface area contributed by atoms with Gasteiger partial charge in [-0.15, -0.1) is 0 Å². The van der Waals surface area contributed by atoms with Crippen LogP contribution in [0.15, 0.2) is 0 Å². The van der Waals surface area contributed by atoms with Crippen molar-refractivity contribution in [3.8, 4) is 0 Å². The molecule has 0 spiro atoms. The van der Waals surface area contributed by atoms with E-state index in [4.69, 9.17) is 0 Å². The van der Waals surface area contributed by atoms with Gasteiger partial charge in [0.25, 0.3) is 0 Å². The smallest absolute Gasteiger partial charge is 0.0163 e. The zero-order valence-corrected chi connectivity index (χ0v) is 8.80. The van der Waals surface area contributed by atoms with Crippen molar-refractivity contribution in [1.82, 2.24) is 10.2 Å². The third-order valence-corrected chi connectivity index (χ3v) is 2.91. The molecule has 3 unspecified atom stereocenters. The van der Waals surface area contributed by atoms with E-state index in [1.807, 2.05) is 7.05 Å². The maximum Gasteiger partial charge on any atom is 0.0163 e. The number of nitrogens with one attached hydrogen (secondary N) is 1. The van der Waals surface area contributed by atoms with E-state index in [-0.39, 0.29) is 0 Å². The predicted molar refractivity (Wildman–Crippen MR) is 53.3 cm³/mol. The molecule has 0 aromatic rings. The number of hydrogen-bond acceptors (Lipinski definition) is 2. The van der Waals surface area contributed by atoms with Gasteiger partial charge < -0.3 is 5.32 Å². The standard InChI is InChI=1S/C10H22N2/c1-8-5-10(3)12(6-8)7-9(2)11-4/h8-11H,5-7H2,1-4H3. The minimum atomic E-state index is 0.623. The Morgan fingerprint density at radius 1 is 1.50 bits per heavy atom. The fraction of sp³-hybridized carbons (Fsp3) is 1.00. The summed E-state index contributed by atoms with van der Waals surface area (Å²) in [5.74, 6) is 0.893. The van der Waals surface area contributed by atoms with Crippen LogP contribution in [0.4, 0.5) is 0 Å². The van der Waals surface area contributed by atoms with Crippen LogP contribution in [0.2, 0.25) is 0 Å². The van der Waals surface area contributed by atoms with Crippen molar-refractivity contribution >= 4 is 0 Å². The predicted octanol–water partition coefficient (Wildman–Crippen LogP) is 1.32. The molecule has 1 fully saturated rings. The highest BCUT2D eigenvalue weighted by Gasteiger charge is 2.26. The lowest BCUT2D eigenvalue weighted by molar-refractivity contribution is 0.243. The molecule has 0 aromatic heterocycles. The van der Waals surface area contributed by atoms with E-state index in [9.17, 15) is 0 Å². The Kier molecular flexibility index (Phi) is 3.53. The van der Waals surface area contributed by atoms with E-state index >= 15 is 0 Å². The van der Waals surface area contributed by atoms with Gasteiger partial charge in [-0.2, -0.15) is 0 Å².